The van der Waals surface area contributed by atoms with E-state index < -0.39 is 42.0 Å². The summed E-state index contributed by atoms with van der Waals surface area (Å²) in [5, 5.41) is 23.6. The molecule has 0 aliphatic heterocycles. The van der Waals surface area contributed by atoms with Crippen molar-refractivity contribution in [1.29, 1.82) is 5.26 Å². The first kappa shape index (κ1) is 28.5. The molecular weight excluding hydrogens is 500 g/mol. The zero-order valence-corrected chi connectivity index (χ0v) is 20.1. The lowest BCUT2D eigenvalue weighted by Crippen LogP contribution is -2.52. The molecule has 1 amide bonds. The molecule has 0 saturated heterocycles. The number of carbonyl (C=O) groups is 1. The fraction of sp³-hybridized carbons (Fsp3) is 0.462. The van der Waals surface area contributed by atoms with Gasteiger partial charge in [-0.25, -0.2) is 0 Å². The van der Waals surface area contributed by atoms with E-state index in [0.29, 0.717) is 24.0 Å². The molecule has 0 spiro atoms. The molecule has 2 aromatic carbocycles. The van der Waals surface area contributed by atoms with Gasteiger partial charge >= 0.3 is 12.4 Å². The Morgan fingerprint density at radius 3 is 1.81 bits per heavy atom. The molecule has 3 N–H and O–H groups in total. The molecule has 1 aliphatic carbocycles. The molecule has 3 atom stereocenters. The van der Waals surface area contributed by atoms with Crippen LogP contribution in [0.25, 0.3) is 11.1 Å². The van der Waals surface area contributed by atoms with Gasteiger partial charge in [0.2, 0.25) is 5.91 Å². The number of hydrogen-bond acceptors (Lipinski definition) is 4. The smallest absolute Gasteiger partial charge is 0.379 e. The summed E-state index contributed by atoms with van der Waals surface area (Å²) in [5.41, 5.74) is -0.616. The summed E-state index contributed by atoms with van der Waals surface area (Å²) in [5.74, 6) is -0.768. The Labute approximate surface area is 210 Å². The second kappa shape index (κ2) is 10.7. The Balaban J connectivity index is 1.81. The Bertz CT molecular complexity index is 1120. The second-order valence-corrected chi connectivity index (χ2v) is 9.69. The number of alkyl halides is 6. The van der Waals surface area contributed by atoms with Crippen LogP contribution in [0.4, 0.5) is 26.3 Å². The fourth-order valence-electron chi connectivity index (χ4n) is 3.93. The highest BCUT2D eigenvalue weighted by Crippen LogP contribution is 2.37. The van der Waals surface area contributed by atoms with Gasteiger partial charge in [0.25, 0.3) is 0 Å². The molecule has 11 heteroatoms. The number of nitrogens with zero attached hydrogens (tertiary/aromatic N) is 1. The lowest BCUT2D eigenvalue weighted by Gasteiger charge is -2.29. The van der Waals surface area contributed by atoms with Crippen molar-refractivity contribution in [2.75, 3.05) is 0 Å². The number of nitrogens with one attached hydrogen (secondary N) is 2. The van der Waals surface area contributed by atoms with Crippen LogP contribution in [0.1, 0.15) is 56.4 Å². The van der Waals surface area contributed by atoms with E-state index in [1.165, 1.54) is 36.4 Å². The number of rotatable bonds is 9. The van der Waals surface area contributed by atoms with E-state index in [1.54, 1.807) is 13.8 Å². The third kappa shape index (κ3) is 7.23. The Kier molecular flexibility index (Phi) is 8.24. The molecule has 1 unspecified atom stereocenters. The molecule has 1 aliphatic rings. The predicted molar refractivity (Wildman–Crippen MR) is 124 cm³/mol. The molecule has 0 heterocycles. The first-order valence-electron chi connectivity index (χ1n) is 11.7. The van der Waals surface area contributed by atoms with E-state index in [9.17, 15) is 41.5 Å². The van der Waals surface area contributed by atoms with Crippen LogP contribution in [0, 0.1) is 17.2 Å². The van der Waals surface area contributed by atoms with Crippen LogP contribution in [0.2, 0.25) is 0 Å². The van der Waals surface area contributed by atoms with Gasteiger partial charge in [0.05, 0.1) is 12.1 Å². The highest BCUT2D eigenvalue weighted by molar-refractivity contribution is 5.83. The molecule has 200 valence electrons. The van der Waals surface area contributed by atoms with Crippen LogP contribution in [-0.2, 0) is 4.79 Å². The minimum atomic E-state index is -4.82. The van der Waals surface area contributed by atoms with Gasteiger partial charge in [-0.05, 0) is 47.4 Å². The Morgan fingerprint density at radius 2 is 1.43 bits per heavy atom. The number of carbonyl (C=O) groups excluding carboxylic acids is 1. The monoisotopic (exact) mass is 527 g/mol. The molecule has 0 bridgehead atoms. The van der Waals surface area contributed by atoms with E-state index >= 15 is 0 Å². The van der Waals surface area contributed by atoms with Gasteiger partial charge in [0.15, 0.2) is 6.10 Å². The minimum Gasteiger partial charge on any atom is -0.379 e. The zero-order valence-electron chi connectivity index (χ0n) is 20.1. The van der Waals surface area contributed by atoms with E-state index in [0.717, 1.165) is 12.1 Å². The third-order valence-electron chi connectivity index (χ3n) is 6.16. The lowest BCUT2D eigenvalue weighted by molar-refractivity contribution is -0.206. The molecule has 0 aromatic heterocycles. The standard InChI is InChI=1S/C26H27F6N3O2/c1-15(2)13-20(23(37)35-24(14-33)11-12-24)34-21(25(27,28)29)18-7-3-16(4-8-18)17-5-9-19(10-6-17)22(36)26(30,31)32/h3-10,15,20-22,34,36H,11-13H2,1-2H3,(H,35,37)/t20-,21-,22?/m0/s1. The summed E-state index contributed by atoms with van der Waals surface area (Å²) in [6, 6.07) is 8.79. The normalized spacial score (nSPS) is 17.5. The van der Waals surface area contributed by atoms with Gasteiger partial charge in [-0.1, -0.05) is 62.4 Å². The number of aliphatic hydroxyl groups is 1. The van der Waals surface area contributed by atoms with E-state index in [1.807, 2.05) is 6.07 Å². The topological polar surface area (TPSA) is 85.2 Å². The summed E-state index contributed by atoms with van der Waals surface area (Å²) in [7, 11) is 0. The zero-order chi connectivity index (χ0) is 27.6. The van der Waals surface area contributed by atoms with Crippen LogP contribution in [-0.4, -0.2) is 34.9 Å². The van der Waals surface area contributed by atoms with Crippen molar-refractivity contribution >= 4 is 5.91 Å². The molecule has 0 radical (unpaired) electrons. The average molecular weight is 528 g/mol. The van der Waals surface area contributed by atoms with Crippen molar-refractivity contribution in [1.82, 2.24) is 10.6 Å². The van der Waals surface area contributed by atoms with Gasteiger partial charge in [0.1, 0.15) is 11.6 Å². The Hall–Kier alpha value is -3.10. The number of halogens is 6. The predicted octanol–water partition coefficient (Wildman–Crippen LogP) is 5.73. The number of hydrogen-bond donors (Lipinski definition) is 3. The van der Waals surface area contributed by atoms with Crippen LogP contribution in [0.5, 0.6) is 0 Å². The summed E-state index contributed by atoms with van der Waals surface area (Å²) in [4.78, 5) is 12.8. The van der Waals surface area contributed by atoms with Gasteiger partial charge in [0, 0.05) is 0 Å². The van der Waals surface area contributed by atoms with E-state index in [4.69, 9.17) is 0 Å². The van der Waals surface area contributed by atoms with Crippen LogP contribution in [0.3, 0.4) is 0 Å². The second-order valence-electron chi connectivity index (χ2n) is 9.69. The molecule has 37 heavy (non-hydrogen) atoms. The highest BCUT2D eigenvalue weighted by Gasteiger charge is 2.47. The summed E-state index contributed by atoms with van der Waals surface area (Å²) in [6.07, 6.45) is -11.2. The summed E-state index contributed by atoms with van der Waals surface area (Å²) >= 11 is 0. The molecular formula is C26H27F6N3O2. The largest absolute Gasteiger partial charge is 0.418 e. The number of amides is 1. The first-order valence-corrected chi connectivity index (χ1v) is 11.7. The molecule has 1 fully saturated rings. The van der Waals surface area contributed by atoms with Gasteiger partial charge in [-0.15, -0.1) is 0 Å². The van der Waals surface area contributed by atoms with Gasteiger partial charge in [-0.2, -0.15) is 31.6 Å². The maximum absolute atomic E-state index is 14.1. The summed E-state index contributed by atoms with van der Waals surface area (Å²) < 4.78 is 80.3. The van der Waals surface area contributed by atoms with Crippen LogP contribution >= 0.6 is 0 Å². The van der Waals surface area contributed by atoms with Crippen molar-refractivity contribution in [3.63, 3.8) is 0 Å². The minimum absolute atomic E-state index is 0.101. The van der Waals surface area contributed by atoms with Crippen molar-refractivity contribution in [3.8, 4) is 17.2 Å². The maximum atomic E-state index is 14.1. The quantitative estimate of drug-likeness (QED) is 0.364. The van der Waals surface area contributed by atoms with Crippen molar-refractivity contribution in [3.05, 3.63) is 59.7 Å². The maximum Gasteiger partial charge on any atom is 0.418 e. The van der Waals surface area contributed by atoms with Crippen molar-refractivity contribution in [2.45, 2.75) is 69.2 Å². The average Bonchev–Trinajstić information content (AvgIpc) is 3.59. The van der Waals surface area contributed by atoms with Crippen LogP contribution in [0.15, 0.2) is 48.5 Å². The number of aliphatic hydroxyl groups excluding tert-OH is 1. The molecule has 1 saturated carbocycles. The van der Waals surface area contributed by atoms with E-state index in [-0.39, 0.29) is 23.5 Å². The SMILES string of the molecule is CC(C)C[C@H](N[C@@H](c1ccc(-c2ccc(C(O)C(F)(F)F)cc2)cc1)C(F)(F)F)C(=O)NC1(C#N)CC1. The Morgan fingerprint density at radius 1 is 0.946 bits per heavy atom. The lowest BCUT2D eigenvalue weighted by atomic mass is 9.97. The fourth-order valence-corrected chi connectivity index (χ4v) is 3.93. The first-order chi connectivity index (χ1) is 17.1. The van der Waals surface area contributed by atoms with Gasteiger partial charge in [-0.3, -0.25) is 10.1 Å². The molecule has 5 nitrogen and oxygen atoms in total. The van der Waals surface area contributed by atoms with Gasteiger partial charge < -0.3 is 10.4 Å². The molecule has 3 rings (SSSR count). The third-order valence-corrected chi connectivity index (χ3v) is 6.16. The van der Waals surface area contributed by atoms with E-state index in [2.05, 4.69) is 10.6 Å². The highest BCUT2D eigenvalue weighted by atomic mass is 19.4. The van der Waals surface area contributed by atoms with Crippen molar-refractivity contribution < 1.29 is 36.2 Å². The number of benzene rings is 2. The van der Waals surface area contributed by atoms with Crippen molar-refractivity contribution in [2.24, 2.45) is 5.92 Å². The number of nitriles is 1. The summed E-state index contributed by atoms with van der Waals surface area (Å²) in [6.45, 7) is 3.55. The van der Waals surface area contributed by atoms with Crippen LogP contribution < -0.4 is 10.6 Å². The molecule has 2 aromatic rings.